The maximum Gasteiger partial charge on any atom is 0.0637 e. The van der Waals surface area contributed by atoms with Crippen LogP contribution in [-0.2, 0) is 9.47 Å². The highest BCUT2D eigenvalue weighted by Crippen LogP contribution is 2.27. The standard InChI is InChI=1S/C15H25BrN2O2/c1-12(17)14-6-5-13(11-15(14)16)18(8-10-20-3)7-4-9-19-2/h5-6,11-12H,4,7-10,17H2,1-3H3/t12-/m1/s1. The third-order valence-corrected chi connectivity index (χ3v) is 3.87. The van der Waals surface area contributed by atoms with Crippen LogP contribution in [0.2, 0.25) is 0 Å². The fourth-order valence-corrected chi connectivity index (χ4v) is 2.78. The molecule has 0 unspecified atom stereocenters. The molecule has 0 fully saturated rings. The summed E-state index contributed by atoms with van der Waals surface area (Å²) in [5.41, 5.74) is 8.24. The van der Waals surface area contributed by atoms with Crippen LogP contribution < -0.4 is 10.6 Å². The van der Waals surface area contributed by atoms with E-state index in [-0.39, 0.29) is 6.04 Å². The Kier molecular flexibility index (Phi) is 8.14. The monoisotopic (exact) mass is 344 g/mol. The molecule has 0 radical (unpaired) electrons. The van der Waals surface area contributed by atoms with Gasteiger partial charge in [0.2, 0.25) is 0 Å². The highest BCUT2D eigenvalue weighted by molar-refractivity contribution is 9.10. The van der Waals surface area contributed by atoms with Crippen molar-refractivity contribution < 1.29 is 9.47 Å². The van der Waals surface area contributed by atoms with Crippen molar-refractivity contribution >= 4 is 21.6 Å². The van der Waals surface area contributed by atoms with Gasteiger partial charge in [0.05, 0.1) is 6.61 Å². The van der Waals surface area contributed by atoms with E-state index in [9.17, 15) is 0 Å². The number of hydrogen-bond donors (Lipinski definition) is 1. The maximum absolute atomic E-state index is 5.94. The minimum atomic E-state index is 0.0272. The van der Waals surface area contributed by atoms with Crippen LogP contribution >= 0.6 is 15.9 Å². The van der Waals surface area contributed by atoms with Gasteiger partial charge in [-0.15, -0.1) is 0 Å². The predicted molar refractivity (Wildman–Crippen MR) is 87.3 cm³/mol. The second-order valence-corrected chi connectivity index (χ2v) is 5.68. The second-order valence-electron chi connectivity index (χ2n) is 4.82. The van der Waals surface area contributed by atoms with Crippen LogP contribution in [0.3, 0.4) is 0 Å². The number of benzene rings is 1. The molecule has 20 heavy (non-hydrogen) atoms. The Morgan fingerprint density at radius 3 is 2.45 bits per heavy atom. The van der Waals surface area contributed by atoms with E-state index in [1.165, 1.54) is 5.69 Å². The van der Waals surface area contributed by atoms with Crippen molar-refractivity contribution in [2.45, 2.75) is 19.4 Å². The molecule has 0 amide bonds. The zero-order chi connectivity index (χ0) is 15.0. The number of hydrogen-bond acceptors (Lipinski definition) is 4. The summed E-state index contributed by atoms with van der Waals surface area (Å²) < 4.78 is 11.4. The van der Waals surface area contributed by atoms with Crippen LogP contribution in [0.4, 0.5) is 5.69 Å². The quantitative estimate of drug-likeness (QED) is 0.699. The van der Waals surface area contributed by atoms with E-state index in [1.807, 2.05) is 6.92 Å². The van der Waals surface area contributed by atoms with E-state index in [0.717, 1.165) is 36.2 Å². The number of nitrogens with two attached hydrogens (primary N) is 1. The van der Waals surface area contributed by atoms with Gasteiger partial charge >= 0.3 is 0 Å². The van der Waals surface area contributed by atoms with Gasteiger partial charge in [0.25, 0.3) is 0 Å². The zero-order valence-corrected chi connectivity index (χ0v) is 14.1. The topological polar surface area (TPSA) is 47.7 Å². The lowest BCUT2D eigenvalue weighted by Gasteiger charge is -2.25. The van der Waals surface area contributed by atoms with Gasteiger partial charge in [-0.3, -0.25) is 0 Å². The summed E-state index contributed by atoms with van der Waals surface area (Å²) in [5.74, 6) is 0. The van der Waals surface area contributed by atoms with Crippen LogP contribution in [0.15, 0.2) is 22.7 Å². The van der Waals surface area contributed by atoms with Crippen molar-refractivity contribution in [2.24, 2.45) is 5.73 Å². The molecule has 2 N–H and O–H groups in total. The average Bonchev–Trinajstić information content (AvgIpc) is 2.42. The van der Waals surface area contributed by atoms with E-state index in [2.05, 4.69) is 39.0 Å². The van der Waals surface area contributed by atoms with Gasteiger partial charge in [0, 0.05) is 50.1 Å². The highest BCUT2D eigenvalue weighted by Gasteiger charge is 2.10. The number of methoxy groups -OCH3 is 2. The van der Waals surface area contributed by atoms with Crippen LogP contribution in [0.5, 0.6) is 0 Å². The number of anilines is 1. The molecule has 1 aromatic rings. The smallest absolute Gasteiger partial charge is 0.0637 e. The first kappa shape index (κ1) is 17.4. The maximum atomic E-state index is 5.94. The van der Waals surface area contributed by atoms with Gasteiger partial charge in [-0.05, 0) is 31.0 Å². The Hall–Kier alpha value is -0.620. The van der Waals surface area contributed by atoms with E-state index < -0.39 is 0 Å². The van der Waals surface area contributed by atoms with E-state index in [0.29, 0.717) is 6.61 Å². The molecule has 0 aliphatic rings. The fourth-order valence-electron chi connectivity index (χ4n) is 2.05. The molecule has 0 heterocycles. The number of ether oxygens (including phenoxy) is 2. The molecule has 114 valence electrons. The molecule has 1 aromatic carbocycles. The Bertz CT molecular complexity index is 399. The molecule has 0 bridgehead atoms. The lowest BCUT2D eigenvalue weighted by molar-refractivity contribution is 0.191. The predicted octanol–water partition coefficient (Wildman–Crippen LogP) is 2.96. The fraction of sp³-hybridized carbons (Fsp3) is 0.600. The normalized spacial score (nSPS) is 12.4. The minimum Gasteiger partial charge on any atom is -0.385 e. The van der Waals surface area contributed by atoms with Crippen molar-refractivity contribution in [1.82, 2.24) is 0 Å². The molecule has 0 aromatic heterocycles. The Morgan fingerprint density at radius 2 is 1.90 bits per heavy atom. The molecule has 0 spiro atoms. The van der Waals surface area contributed by atoms with Gasteiger partial charge in [0.15, 0.2) is 0 Å². The largest absolute Gasteiger partial charge is 0.385 e. The zero-order valence-electron chi connectivity index (χ0n) is 12.6. The first-order valence-corrected chi connectivity index (χ1v) is 7.67. The molecular weight excluding hydrogens is 320 g/mol. The van der Waals surface area contributed by atoms with E-state index in [4.69, 9.17) is 15.2 Å². The van der Waals surface area contributed by atoms with Gasteiger partial charge in [-0.2, -0.15) is 0 Å². The lowest BCUT2D eigenvalue weighted by atomic mass is 10.1. The summed E-state index contributed by atoms with van der Waals surface area (Å²) in [5, 5.41) is 0. The second kappa shape index (κ2) is 9.34. The van der Waals surface area contributed by atoms with Gasteiger partial charge < -0.3 is 20.1 Å². The molecule has 4 nitrogen and oxygen atoms in total. The molecule has 5 heteroatoms. The molecule has 0 aliphatic heterocycles. The Labute approximate surface area is 130 Å². The van der Waals surface area contributed by atoms with Crippen LogP contribution in [0.1, 0.15) is 24.9 Å². The first-order chi connectivity index (χ1) is 9.60. The Morgan fingerprint density at radius 1 is 1.20 bits per heavy atom. The number of nitrogens with zero attached hydrogens (tertiary/aromatic N) is 1. The Balaban J connectivity index is 2.80. The summed E-state index contributed by atoms with van der Waals surface area (Å²) in [4.78, 5) is 2.30. The molecule has 1 atom stereocenters. The molecule has 1 rings (SSSR count). The number of rotatable bonds is 9. The lowest BCUT2D eigenvalue weighted by Crippen LogP contribution is -2.29. The molecule has 0 aliphatic carbocycles. The van der Waals surface area contributed by atoms with Crippen molar-refractivity contribution in [3.05, 3.63) is 28.2 Å². The van der Waals surface area contributed by atoms with Crippen molar-refractivity contribution in [3.8, 4) is 0 Å². The molecule has 0 saturated heterocycles. The van der Waals surface area contributed by atoms with Gasteiger partial charge in [0.1, 0.15) is 0 Å². The van der Waals surface area contributed by atoms with E-state index >= 15 is 0 Å². The third-order valence-electron chi connectivity index (χ3n) is 3.18. The number of halogens is 1. The molecular formula is C15H25BrN2O2. The van der Waals surface area contributed by atoms with Crippen molar-refractivity contribution in [2.75, 3.05) is 45.4 Å². The van der Waals surface area contributed by atoms with Crippen molar-refractivity contribution in [3.63, 3.8) is 0 Å². The van der Waals surface area contributed by atoms with Crippen LogP contribution in [0.25, 0.3) is 0 Å². The van der Waals surface area contributed by atoms with Gasteiger partial charge in [-0.25, -0.2) is 0 Å². The van der Waals surface area contributed by atoms with Crippen LogP contribution in [-0.4, -0.2) is 40.5 Å². The van der Waals surface area contributed by atoms with Crippen molar-refractivity contribution in [1.29, 1.82) is 0 Å². The summed E-state index contributed by atoms with van der Waals surface area (Å²) in [6.45, 7) is 5.27. The third kappa shape index (κ3) is 5.40. The average molecular weight is 345 g/mol. The highest BCUT2D eigenvalue weighted by atomic mass is 79.9. The van der Waals surface area contributed by atoms with Crippen LogP contribution in [0, 0.1) is 0 Å². The summed E-state index contributed by atoms with van der Waals surface area (Å²) in [7, 11) is 3.45. The van der Waals surface area contributed by atoms with E-state index in [1.54, 1.807) is 14.2 Å². The minimum absolute atomic E-state index is 0.0272. The summed E-state index contributed by atoms with van der Waals surface area (Å²) in [6, 6.07) is 6.35. The first-order valence-electron chi connectivity index (χ1n) is 6.88. The summed E-state index contributed by atoms with van der Waals surface area (Å²) >= 11 is 3.60. The summed E-state index contributed by atoms with van der Waals surface area (Å²) in [6.07, 6.45) is 0.993. The van der Waals surface area contributed by atoms with Gasteiger partial charge in [-0.1, -0.05) is 22.0 Å². The SMILES string of the molecule is COCCCN(CCOC)c1ccc([C@@H](C)N)c(Br)c1. The molecule has 0 saturated carbocycles.